The number of carboxylic acids is 1. The summed E-state index contributed by atoms with van der Waals surface area (Å²) in [6, 6.07) is 0.370. The lowest BCUT2D eigenvalue weighted by molar-refractivity contribution is -0.137. The van der Waals surface area contributed by atoms with Crippen molar-refractivity contribution in [2.75, 3.05) is 6.54 Å². The summed E-state index contributed by atoms with van der Waals surface area (Å²) in [5.41, 5.74) is 0. The van der Waals surface area contributed by atoms with Crippen molar-refractivity contribution in [2.45, 2.75) is 25.8 Å². The molecule has 0 aromatic heterocycles. The standard InChI is InChI=1S/C7H12N2O2/c1-6-2-4-8-9(6)5-3-7(10)11/h4,6H,2-3,5H2,1H3,(H,10,11). The van der Waals surface area contributed by atoms with Crippen LogP contribution in [0, 0.1) is 0 Å². The van der Waals surface area contributed by atoms with Crippen molar-refractivity contribution in [3.8, 4) is 0 Å². The van der Waals surface area contributed by atoms with E-state index < -0.39 is 5.97 Å². The van der Waals surface area contributed by atoms with E-state index in [1.807, 2.05) is 18.1 Å². The molecule has 0 radical (unpaired) electrons. The van der Waals surface area contributed by atoms with E-state index in [2.05, 4.69) is 5.10 Å². The van der Waals surface area contributed by atoms with Crippen molar-refractivity contribution in [1.82, 2.24) is 5.01 Å². The third-order valence-electron chi connectivity index (χ3n) is 1.74. The Labute approximate surface area is 65.5 Å². The first-order chi connectivity index (χ1) is 5.20. The molecule has 0 fully saturated rings. The second-order valence-electron chi connectivity index (χ2n) is 2.69. The smallest absolute Gasteiger partial charge is 0.305 e. The molecule has 0 aliphatic carbocycles. The number of aliphatic carboxylic acids is 1. The molecular weight excluding hydrogens is 144 g/mol. The van der Waals surface area contributed by atoms with Gasteiger partial charge in [0.2, 0.25) is 0 Å². The summed E-state index contributed by atoms with van der Waals surface area (Å²) in [5, 5.41) is 14.2. The topological polar surface area (TPSA) is 52.9 Å². The molecule has 0 amide bonds. The van der Waals surface area contributed by atoms with E-state index in [0.29, 0.717) is 12.6 Å². The third kappa shape index (κ3) is 2.22. The minimum Gasteiger partial charge on any atom is -0.481 e. The van der Waals surface area contributed by atoms with Gasteiger partial charge in [0.05, 0.1) is 6.42 Å². The maximum Gasteiger partial charge on any atom is 0.305 e. The van der Waals surface area contributed by atoms with E-state index in [9.17, 15) is 4.79 Å². The number of hydrogen-bond acceptors (Lipinski definition) is 3. The predicted molar refractivity (Wildman–Crippen MR) is 41.5 cm³/mol. The first-order valence-electron chi connectivity index (χ1n) is 3.71. The van der Waals surface area contributed by atoms with Crippen molar-refractivity contribution in [3.05, 3.63) is 0 Å². The van der Waals surface area contributed by atoms with Gasteiger partial charge in [-0.1, -0.05) is 0 Å². The van der Waals surface area contributed by atoms with Crippen molar-refractivity contribution < 1.29 is 9.90 Å². The second kappa shape index (κ2) is 3.37. The van der Waals surface area contributed by atoms with Crippen LogP contribution in [0.2, 0.25) is 0 Å². The Morgan fingerprint density at radius 2 is 2.64 bits per heavy atom. The van der Waals surface area contributed by atoms with Crippen molar-refractivity contribution in [1.29, 1.82) is 0 Å². The van der Waals surface area contributed by atoms with Gasteiger partial charge in [0.1, 0.15) is 0 Å². The van der Waals surface area contributed by atoms with Crippen molar-refractivity contribution >= 4 is 12.2 Å². The SMILES string of the molecule is CC1CC=NN1CCC(=O)O. The molecule has 0 aromatic carbocycles. The van der Waals surface area contributed by atoms with Gasteiger partial charge in [-0.25, -0.2) is 0 Å². The third-order valence-corrected chi connectivity index (χ3v) is 1.74. The van der Waals surface area contributed by atoms with Gasteiger partial charge in [-0.15, -0.1) is 0 Å². The highest BCUT2D eigenvalue weighted by Gasteiger charge is 2.15. The van der Waals surface area contributed by atoms with Gasteiger partial charge >= 0.3 is 5.97 Å². The molecule has 0 saturated carbocycles. The largest absolute Gasteiger partial charge is 0.481 e. The summed E-state index contributed by atoms with van der Waals surface area (Å²) >= 11 is 0. The highest BCUT2D eigenvalue weighted by atomic mass is 16.4. The summed E-state index contributed by atoms with van der Waals surface area (Å²) < 4.78 is 0. The molecular formula is C7H12N2O2. The molecule has 1 atom stereocenters. The minimum absolute atomic E-state index is 0.168. The zero-order valence-corrected chi connectivity index (χ0v) is 6.53. The number of nitrogens with zero attached hydrogens (tertiary/aromatic N) is 2. The summed E-state index contributed by atoms with van der Waals surface area (Å²) in [6.45, 7) is 2.56. The van der Waals surface area contributed by atoms with Gasteiger partial charge < -0.3 is 5.11 Å². The zero-order valence-electron chi connectivity index (χ0n) is 6.53. The van der Waals surface area contributed by atoms with Crippen LogP contribution < -0.4 is 0 Å². The van der Waals surface area contributed by atoms with E-state index in [-0.39, 0.29) is 6.42 Å². The summed E-state index contributed by atoms with van der Waals surface area (Å²) in [5.74, 6) is -0.765. The monoisotopic (exact) mass is 156 g/mol. The minimum atomic E-state index is -0.765. The van der Waals surface area contributed by atoms with E-state index in [4.69, 9.17) is 5.11 Å². The molecule has 0 saturated heterocycles. The summed E-state index contributed by atoms with van der Waals surface area (Å²) in [7, 11) is 0. The Hall–Kier alpha value is -1.06. The van der Waals surface area contributed by atoms with Gasteiger partial charge in [0.15, 0.2) is 0 Å². The molecule has 1 aliphatic heterocycles. The van der Waals surface area contributed by atoms with Gasteiger partial charge in [0.25, 0.3) is 0 Å². The zero-order chi connectivity index (χ0) is 8.27. The fourth-order valence-electron chi connectivity index (χ4n) is 1.03. The quantitative estimate of drug-likeness (QED) is 0.648. The Morgan fingerprint density at radius 1 is 1.91 bits per heavy atom. The molecule has 1 rings (SSSR count). The van der Waals surface area contributed by atoms with Gasteiger partial charge in [0, 0.05) is 25.2 Å². The average molecular weight is 156 g/mol. The van der Waals surface area contributed by atoms with Crippen molar-refractivity contribution in [2.24, 2.45) is 5.10 Å². The van der Waals surface area contributed by atoms with Gasteiger partial charge in [-0.2, -0.15) is 5.10 Å². The number of carboxylic acid groups (broad SMARTS) is 1. The highest BCUT2D eigenvalue weighted by Crippen LogP contribution is 2.09. The lowest BCUT2D eigenvalue weighted by Gasteiger charge is -2.18. The first kappa shape index (κ1) is 8.04. The molecule has 0 aromatic rings. The van der Waals surface area contributed by atoms with E-state index in [1.165, 1.54) is 0 Å². The fraction of sp³-hybridized carbons (Fsp3) is 0.714. The average Bonchev–Trinajstić information content (AvgIpc) is 2.31. The molecule has 11 heavy (non-hydrogen) atoms. The summed E-state index contributed by atoms with van der Waals surface area (Å²) in [4.78, 5) is 10.2. The van der Waals surface area contributed by atoms with Crippen LogP contribution in [0.1, 0.15) is 19.8 Å². The Morgan fingerprint density at radius 3 is 3.09 bits per heavy atom. The van der Waals surface area contributed by atoms with E-state index in [0.717, 1.165) is 6.42 Å². The molecule has 1 heterocycles. The molecule has 4 nitrogen and oxygen atoms in total. The molecule has 1 N–H and O–H groups in total. The van der Waals surface area contributed by atoms with Crippen LogP contribution in [0.5, 0.6) is 0 Å². The molecule has 62 valence electrons. The molecule has 1 unspecified atom stereocenters. The van der Waals surface area contributed by atoms with Gasteiger partial charge in [-0.3, -0.25) is 9.80 Å². The number of hydrogen-bond donors (Lipinski definition) is 1. The molecule has 0 spiro atoms. The number of rotatable bonds is 3. The predicted octanol–water partition coefficient (Wildman–Crippen LogP) is 0.541. The second-order valence-corrected chi connectivity index (χ2v) is 2.69. The van der Waals surface area contributed by atoms with E-state index >= 15 is 0 Å². The van der Waals surface area contributed by atoms with Crippen LogP contribution in [0.15, 0.2) is 5.10 Å². The van der Waals surface area contributed by atoms with Crippen LogP contribution >= 0.6 is 0 Å². The molecule has 0 bridgehead atoms. The maximum atomic E-state index is 10.2. The van der Waals surface area contributed by atoms with Crippen LogP contribution in [0.3, 0.4) is 0 Å². The normalized spacial score (nSPS) is 22.6. The van der Waals surface area contributed by atoms with Crippen LogP contribution in [-0.4, -0.2) is 34.9 Å². The molecule has 1 aliphatic rings. The maximum absolute atomic E-state index is 10.2. The van der Waals surface area contributed by atoms with Crippen molar-refractivity contribution in [3.63, 3.8) is 0 Å². The first-order valence-corrected chi connectivity index (χ1v) is 3.71. The lowest BCUT2D eigenvalue weighted by atomic mass is 10.2. The van der Waals surface area contributed by atoms with Gasteiger partial charge in [-0.05, 0) is 6.92 Å². The van der Waals surface area contributed by atoms with E-state index in [1.54, 1.807) is 0 Å². The Kier molecular flexibility index (Phi) is 2.46. The number of hydrazone groups is 1. The number of carbonyl (C=O) groups is 1. The Bertz CT molecular complexity index is 179. The summed E-state index contributed by atoms with van der Waals surface area (Å²) in [6.07, 6.45) is 2.92. The van der Waals surface area contributed by atoms with Crippen LogP contribution in [0.25, 0.3) is 0 Å². The fourth-order valence-corrected chi connectivity index (χ4v) is 1.03. The van der Waals surface area contributed by atoms with Crippen LogP contribution in [-0.2, 0) is 4.79 Å². The lowest BCUT2D eigenvalue weighted by Crippen LogP contribution is -2.25. The highest BCUT2D eigenvalue weighted by molar-refractivity contribution is 5.67. The molecule has 4 heteroatoms. The Balaban J connectivity index is 2.26. The van der Waals surface area contributed by atoms with Crippen LogP contribution in [0.4, 0.5) is 0 Å².